The molecular formula is C22H28N3O2+. The molecule has 0 aliphatic heterocycles. The smallest absolute Gasteiger partial charge is 0.283 e. The molecule has 5 heteroatoms. The van der Waals surface area contributed by atoms with Crippen LogP contribution in [0.25, 0.3) is 0 Å². The Kier molecular flexibility index (Phi) is 5.91. The minimum atomic E-state index is -0.406. The monoisotopic (exact) mass is 366 g/mol. The highest BCUT2D eigenvalue weighted by atomic mass is 16.2. The van der Waals surface area contributed by atoms with E-state index < -0.39 is 6.04 Å². The molecule has 0 spiro atoms. The van der Waals surface area contributed by atoms with Crippen LogP contribution in [-0.2, 0) is 9.59 Å². The van der Waals surface area contributed by atoms with Gasteiger partial charge in [0.05, 0.1) is 7.05 Å². The zero-order chi connectivity index (χ0) is 19.4. The number of hydrogen-bond donors (Lipinski definition) is 3. The standard InChI is InChI=1S/C22H27N3O2/c1-15-8-7-11-19(16(15)2)24-20(26)14-25(3)21(17-9-5-4-6-10-17)22(27)23-18-12-13-18/h4-11,18,21H,12-14H2,1-3H3,(H,23,27)(H,24,26)/p+1/t21-/m1/s1. The maximum Gasteiger partial charge on any atom is 0.283 e. The van der Waals surface area contributed by atoms with Crippen molar-refractivity contribution in [3.8, 4) is 0 Å². The summed E-state index contributed by atoms with van der Waals surface area (Å²) in [6, 6.07) is 15.4. The van der Waals surface area contributed by atoms with Gasteiger partial charge in [0.25, 0.3) is 11.8 Å². The first-order valence-electron chi connectivity index (χ1n) is 9.49. The van der Waals surface area contributed by atoms with E-state index in [9.17, 15) is 9.59 Å². The van der Waals surface area contributed by atoms with E-state index in [1.807, 2.05) is 69.4 Å². The van der Waals surface area contributed by atoms with Gasteiger partial charge in [0.15, 0.2) is 12.6 Å². The third kappa shape index (κ3) is 4.95. The van der Waals surface area contributed by atoms with Crippen LogP contribution in [0, 0.1) is 13.8 Å². The molecular weight excluding hydrogens is 338 g/mol. The molecule has 5 nitrogen and oxygen atoms in total. The fourth-order valence-electron chi connectivity index (χ4n) is 3.25. The lowest BCUT2D eigenvalue weighted by Crippen LogP contribution is -3.11. The average molecular weight is 366 g/mol. The van der Waals surface area contributed by atoms with Gasteiger partial charge in [0, 0.05) is 17.3 Å². The molecule has 1 unspecified atom stereocenters. The largest absolute Gasteiger partial charge is 0.348 e. The molecule has 2 aromatic rings. The molecule has 0 aromatic heterocycles. The molecule has 0 heterocycles. The average Bonchev–Trinajstić information content (AvgIpc) is 3.44. The van der Waals surface area contributed by atoms with Crippen molar-refractivity contribution in [2.24, 2.45) is 0 Å². The lowest BCUT2D eigenvalue weighted by Gasteiger charge is -2.24. The molecule has 1 fully saturated rings. The summed E-state index contributed by atoms with van der Waals surface area (Å²) in [7, 11) is 1.90. The molecule has 2 amide bonds. The quantitative estimate of drug-likeness (QED) is 0.699. The maximum absolute atomic E-state index is 12.8. The summed E-state index contributed by atoms with van der Waals surface area (Å²) in [4.78, 5) is 26.3. The molecule has 1 saturated carbocycles. The highest BCUT2D eigenvalue weighted by Crippen LogP contribution is 2.20. The number of carbonyl (C=O) groups is 2. The van der Waals surface area contributed by atoms with Gasteiger partial charge in [0.1, 0.15) is 0 Å². The molecule has 1 aliphatic rings. The number of nitrogens with one attached hydrogen (secondary N) is 3. The molecule has 2 aromatic carbocycles. The molecule has 142 valence electrons. The highest BCUT2D eigenvalue weighted by Gasteiger charge is 2.34. The van der Waals surface area contributed by atoms with Crippen molar-refractivity contribution < 1.29 is 14.5 Å². The minimum Gasteiger partial charge on any atom is -0.348 e. The fourth-order valence-corrected chi connectivity index (χ4v) is 3.25. The van der Waals surface area contributed by atoms with Gasteiger partial charge in [-0.25, -0.2) is 0 Å². The lowest BCUT2D eigenvalue weighted by atomic mass is 10.0. The SMILES string of the molecule is Cc1cccc(NC(=O)C[NH+](C)[C@@H](C(=O)NC2CC2)c2ccccc2)c1C. The number of likely N-dealkylation sites (N-methyl/N-ethyl adjacent to an activating group) is 1. The fraction of sp³-hybridized carbons (Fsp3) is 0.364. The van der Waals surface area contributed by atoms with Crippen LogP contribution in [0.15, 0.2) is 48.5 Å². The maximum atomic E-state index is 12.8. The van der Waals surface area contributed by atoms with E-state index in [0.717, 1.165) is 40.1 Å². The number of quaternary nitrogens is 1. The van der Waals surface area contributed by atoms with Crippen LogP contribution in [0.4, 0.5) is 5.69 Å². The van der Waals surface area contributed by atoms with Crippen molar-refractivity contribution in [1.29, 1.82) is 0 Å². The molecule has 1 aliphatic carbocycles. The van der Waals surface area contributed by atoms with Gasteiger partial charge < -0.3 is 15.5 Å². The Hall–Kier alpha value is -2.66. The molecule has 0 saturated heterocycles. The van der Waals surface area contributed by atoms with Gasteiger partial charge in [-0.3, -0.25) is 9.59 Å². The molecule has 3 rings (SSSR count). The predicted molar refractivity (Wildman–Crippen MR) is 107 cm³/mol. The summed E-state index contributed by atoms with van der Waals surface area (Å²) in [5.74, 6) is -0.109. The van der Waals surface area contributed by atoms with E-state index in [4.69, 9.17) is 0 Å². The number of amides is 2. The normalized spacial score (nSPS) is 15.7. The van der Waals surface area contributed by atoms with Crippen molar-refractivity contribution in [3.05, 3.63) is 65.2 Å². The third-order valence-electron chi connectivity index (χ3n) is 5.13. The molecule has 2 atom stereocenters. The Morgan fingerprint density at radius 1 is 1.07 bits per heavy atom. The first kappa shape index (κ1) is 19.1. The second-order valence-electron chi connectivity index (χ2n) is 7.45. The van der Waals surface area contributed by atoms with E-state index >= 15 is 0 Å². The summed E-state index contributed by atoms with van der Waals surface area (Å²) in [6.45, 7) is 4.23. The van der Waals surface area contributed by atoms with Crippen molar-refractivity contribution in [2.45, 2.75) is 38.8 Å². The summed E-state index contributed by atoms with van der Waals surface area (Å²) in [6.07, 6.45) is 2.08. The van der Waals surface area contributed by atoms with Crippen molar-refractivity contribution in [3.63, 3.8) is 0 Å². The Morgan fingerprint density at radius 2 is 1.78 bits per heavy atom. The van der Waals surface area contributed by atoms with Crippen molar-refractivity contribution >= 4 is 17.5 Å². The first-order chi connectivity index (χ1) is 13.0. The highest BCUT2D eigenvalue weighted by molar-refractivity contribution is 5.92. The van der Waals surface area contributed by atoms with E-state index in [1.54, 1.807) is 0 Å². The van der Waals surface area contributed by atoms with Gasteiger partial charge in [-0.1, -0.05) is 42.5 Å². The van der Waals surface area contributed by atoms with Crippen LogP contribution in [0.3, 0.4) is 0 Å². The molecule has 27 heavy (non-hydrogen) atoms. The van der Waals surface area contributed by atoms with E-state index in [1.165, 1.54) is 0 Å². The molecule has 0 radical (unpaired) electrons. The Balaban J connectivity index is 1.71. The van der Waals surface area contributed by atoms with Gasteiger partial charge >= 0.3 is 0 Å². The summed E-state index contributed by atoms with van der Waals surface area (Å²) in [5.41, 5.74) is 3.95. The van der Waals surface area contributed by atoms with Crippen LogP contribution in [0.2, 0.25) is 0 Å². The second-order valence-corrected chi connectivity index (χ2v) is 7.45. The van der Waals surface area contributed by atoms with Crippen LogP contribution in [-0.4, -0.2) is 31.4 Å². The van der Waals surface area contributed by atoms with Gasteiger partial charge in [0.2, 0.25) is 0 Å². The van der Waals surface area contributed by atoms with Gasteiger partial charge in [-0.05, 0) is 43.9 Å². The van der Waals surface area contributed by atoms with Gasteiger partial charge in [-0.15, -0.1) is 0 Å². The van der Waals surface area contributed by atoms with Crippen LogP contribution in [0.5, 0.6) is 0 Å². The number of anilines is 1. The second kappa shape index (κ2) is 8.35. The summed E-state index contributed by atoms with van der Waals surface area (Å²) < 4.78 is 0. The molecule has 3 N–H and O–H groups in total. The number of carbonyl (C=O) groups excluding carboxylic acids is 2. The zero-order valence-electron chi connectivity index (χ0n) is 16.2. The first-order valence-corrected chi connectivity index (χ1v) is 9.49. The van der Waals surface area contributed by atoms with E-state index in [0.29, 0.717) is 6.04 Å². The Bertz CT molecular complexity index is 816. The Morgan fingerprint density at radius 3 is 2.44 bits per heavy atom. The molecule has 0 bridgehead atoms. The van der Waals surface area contributed by atoms with Crippen LogP contribution >= 0.6 is 0 Å². The van der Waals surface area contributed by atoms with Crippen molar-refractivity contribution in [1.82, 2.24) is 5.32 Å². The topological polar surface area (TPSA) is 62.6 Å². The van der Waals surface area contributed by atoms with Gasteiger partial charge in [-0.2, -0.15) is 0 Å². The third-order valence-corrected chi connectivity index (χ3v) is 5.13. The number of aryl methyl sites for hydroxylation is 1. The zero-order valence-corrected chi connectivity index (χ0v) is 16.2. The van der Waals surface area contributed by atoms with E-state index in [2.05, 4.69) is 10.6 Å². The number of rotatable bonds is 7. The summed E-state index contributed by atoms with van der Waals surface area (Å²) >= 11 is 0. The number of benzene rings is 2. The van der Waals surface area contributed by atoms with Crippen molar-refractivity contribution in [2.75, 3.05) is 18.9 Å². The minimum absolute atomic E-state index is 0.0132. The number of hydrogen-bond acceptors (Lipinski definition) is 2. The van der Waals surface area contributed by atoms with E-state index in [-0.39, 0.29) is 18.4 Å². The van der Waals surface area contributed by atoms with Crippen LogP contribution < -0.4 is 15.5 Å². The lowest BCUT2D eigenvalue weighted by molar-refractivity contribution is -0.894. The Labute approximate surface area is 160 Å². The van der Waals surface area contributed by atoms with Crippen LogP contribution in [0.1, 0.15) is 35.6 Å². The predicted octanol–water partition coefficient (Wildman–Crippen LogP) is 1.78. The summed E-state index contributed by atoms with van der Waals surface area (Å²) in [5, 5.41) is 6.07.